The molecule has 0 aliphatic heterocycles. The van der Waals surface area contributed by atoms with Crippen LogP contribution in [0.5, 0.6) is 0 Å². The third-order valence-electron chi connectivity index (χ3n) is 2.98. The van der Waals surface area contributed by atoms with Crippen molar-refractivity contribution in [3.63, 3.8) is 0 Å². The molecule has 0 aromatic heterocycles. The summed E-state index contributed by atoms with van der Waals surface area (Å²) in [6, 6.07) is 0. The molecule has 28 heavy (non-hydrogen) atoms. The molecule has 0 atom stereocenters. The summed E-state index contributed by atoms with van der Waals surface area (Å²) in [7, 11) is 0. The zero-order valence-electron chi connectivity index (χ0n) is 18.2. The van der Waals surface area contributed by atoms with Crippen molar-refractivity contribution in [2.45, 2.75) is 105 Å². The molecular weight excluding hydrogens is 400 g/mol. The molecule has 4 N–H and O–H groups in total. The van der Waals surface area contributed by atoms with Gasteiger partial charge in [-0.2, -0.15) is 0 Å². The molecule has 0 rings (SSSR count). The van der Waals surface area contributed by atoms with Gasteiger partial charge in [0.1, 0.15) is 0 Å². The van der Waals surface area contributed by atoms with Crippen LogP contribution in [0.2, 0.25) is 0 Å². The van der Waals surface area contributed by atoms with E-state index >= 15 is 0 Å². The number of carboxylic acid groups (broad SMARTS) is 3. The van der Waals surface area contributed by atoms with Crippen LogP contribution in [0.4, 0.5) is 0 Å². The predicted octanol–water partition coefficient (Wildman–Crippen LogP) is 4.95. The van der Waals surface area contributed by atoms with Gasteiger partial charge in [-0.3, -0.25) is 14.4 Å². The van der Waals surface area contributed by atoms with Crippen LogP contribution in [-0.4, -0.2) is 44.9 Å². The van der Waals surface area contributed by atoms with Crippen molar-refractivity contribution in [3.05, 3.63) is 0 Å². The minimum Gasteiger partial charge on any atom is -0.481 e. The number of unbranched alkanes of at least 4 members (excludes halogenated alkanes) is 6. The number of aliphatic hydroxyl groups excluding tert-OH is 1. The standard InChI is InChI=1S/3C6H12O2.C2H6O.Ti/c3*1-2-3-4-5-6(7)8;1-2-3;/h3*2-5H2,1H3,(H,7,8);3H,2H2,1H3;. The van der Waals surface area contributed by atoms with Gasteiger partial charge in [0, 0.05) is 47.6 Å². The Bertz CT molecular complexity index is 276. The second-order valence-electron chi connectivity index (χ2n) is 5.87. The van der Waals surface area contributed by atoms with E-state index in [2.05, 4.69) is 20.8 Å². The van der Waals surface area contributed by atoms with Gasteiger partial charge in [-0.05, 0) is 26.2 Å². The number of carbonyl (C=O) groups is 3. The van der Waals surface area contributed by atoms with Gasteiger partial charge in [0.2, 0.25) is 0 Å². The first-order valence-electron chi connectivity index (χ1n) is 9.99. The topological polar surface area (TPSA) is 132 Å². The molecule has 0 saturated carbocycles. The van der Waals surface area contributed by atoms with E-state index in [0.717, 1.165) is 57.8 Å². The number of hydrogen-bond acceptors (Lipinski definition) is 4. The van der Waals surface area contributed by atoms with Crippen LogP contribution < -0.4 is 0 Å². The van der Waals surface area contributed by atoms with Crippen LogP contribution >= 0.6 is 0 Å². The van der Waals surface area contributed by atoms with Crippen molar-refractivity contribution in [2.75, 3.05) is 6.61 Å². The second kappa shape index (κ2) is 36.9. The van der Waals surface area contributed by atoms with Crippen molar-refractivity contribution in [2.24, 2.45) is 0 Å². The van der Waals surface area contributed by atoms with Crippen LogP contribution in [0.3, 0.4) is 0 Å². The molecule has 0 bridgehead atoms. The quantitative estimate of drug-likeness (QED) is 0.248. The van der Waals surface area contributed by atoms with Gasteiger partial charge in [-0.1, -0.05) is 59.3 Å². The number of carboxylic acids is 3. The van der Waals surface area contributed by atoms with Crippen molar-refractivity contribution < 1.29 is 56.5 Å². The van der Waals surface area contributed by atoms with Gasteiger partial charge in [-0.15, -0.1) is 0 Å². The van der Waals surface area contributed by atoms with E-state index in [0.29, 0.717) is 19.3 Å². The minimum absolute atomic E-state index is 0. The Balaban J connectivity index is -0.0000000866. The predicted molar refractivity (Wildman–Crippen MR) is 108 cm³/mol. The number of aliphatic hydroxyl groups is 1. The fourth-order valence-electron chi connectivity index (χ4n) is 1.58. The summed E-state index contributed by atoms with van der Waals surface area (Å²) in [6.45, 7) is 8.10. The van der Waals surface area contributed by atoms with Crippen molar-refractivity contribution >= 4 is 17.9 Å². The fraction of sp³-hybridized carbons (Fsp3) is 0.850. The Kier molecular flexibility index (Phi) is 49.8. The van der Waals surface area contributed by atoms with E-state index in [9.17, 15) is 14.4 Å². The van der Waals surface area contributed by atoms with E-state index in [1.165, 1.54) is 0 Å². The number of aliphatic carboxylic acids is 3. The molecule has 0 saturated heterocycles. The first-order valence-corrected chi connectivity index (χ1v) is 9.99. The Morgan fingerprint density at radius 3 is 0.821 bits per heavy atom. The first-order chi connectivity index (χ1) is 12.7. The molecular formula is C20H42O7Ti. The monoisotopic (exact) mass is 442 g/mol. The molecule has 0 unspecified atom stereocenters. The fourth-order valence-corrected chi connectivity index (χ4v) is 1.58. The van der Waals surface area contributed by atoms with Crippen LogP contribution in [0, 0.1) is 0 Å². The van der Waals surface area contributed by atoms with E-state index in [4.69, 9.17) is 20.4 Å². The van der Waals surface area contributed by atoms with Crippen LogP contribution in [-0.2, 0) is 36.1 Å². The van der Waals surface area contributed by atoms with Gasteiger partial charge >= 0.3 is 17.9 Å². The third kappa shape index (κ3) is 73.3. The molecule has 0 spiro atoms. The molecule has 8 heteroatoms. The Labute approximate surface area is 185 Å². The van der Waals surface area contributed by atoms with Crippen molar-refractivity contribution in [3.8, 4) is 0 Å². The normalized spacial score (nSPS) is 8.46. The van der Waals surface area contributed by atoms with E-state index in [1.807, 2.05) is 0 Å². The summed E-state index contributed by atoms with van der Waals surface area (Å²) in [5, 5.41) is 32.0. The average molecular weight is 442 g/mol. The molecule has 0 fully saturated rings. The van der Waals surface area contributed by atoms with Crippen molar-refractivity contribution in [1.29, 1.82) is 0 Å². The van der Waals surface area contributed by atoms with Gasteiger partial charge < -0.3 is 20.4 Å². The number of hydrogen-bond donors (Lipinski definition) is 4. The van der Waals surface area contributed by atoms with Crippen molar-refractivity contribution in [1.82, 2.24) is 0 Å². The second-order valence-corrected chi connectivity index (χ2v) is 5.87. The van der Waals surface area contributed by atoms with Crippen LogP contribution in [0.15, 0.2) is 0 Å². The molecule has 0 aromatic carbocycles. The first kappa shape index (κ1) is 37.8. The van der Waals surface area contributed by atoms with Gasteiger partial charge in [0.15, 0.2) is 0 Å². The Morgan fingerprint density at radius 1 is 0.536 bits per heavy atom. The molecule has 0 aromatic rings. The Hall–Kier alpha value is -0.916. The van der Waals surface area contributed by atoms with Gasteiger partial charge in [-0.25, -0.2) is 0 Å². The zero-order chi connectivity index (χ0) is 21.9. The molecule has 168 valence electrons. The molecule has 0 aliphatic rings. The van der Waals surface area contributed by atoms with E-state index in [-0.39, 0.29) is 28.3 Å². The largest absolute Gasteiger partial charge is 0.481 e. The summed E-state index contributed by atoms with van der Waals surface area (Å²) >= 11 is 0. The zero-order valence-corrected chi connectivity index (χ0v) is 19.8. The third-order valence-corrected chi connectivity index (χ3v) is 2.98. The molecule has 0 amide bonds. The maximum atomic E-state index is 9.87. The van der Waals surface area contributed by atoms with Crippen LogP contribution in [0.1, 0.15) is 105 Å². The number of rotatable bonds is 12. The van der Waals surface area contributed by atoms with E-state index < -0.39 is 17.9 Å². The maximum Gasteiger partial charge on any atom is 0.303 e. The Morgan fingerprint density at radius 2 is 0.714 bits per heavy atom. The van der Waals surface area contributed by atoms with Gasteiger partial charge in [0.05, 0.1) is 0 Å². The summed E-state index contributed by atoms with van der Waals surface area (Å²) in [5.41, 5.74) is 0. The average Bonchev–Trinajstić information content (AvgIpc) is 2.57. The minimum atomic E-state index is -0.682. The molecule has 0 aliphatic carbocycles. The van der Waals surface area contributed by atoms with Crippen LogP contribution in [0.25, 0.3) is 0 Å². The molecule has 0 heterocycles. The van der Waals surface area contributed by atoms with E-state index in [1.54, 1.807) is 6.92 Å². The summed E-state index contributed by atoms with van der Waals surface area (Å²) < 4.78 is 0. The summed E-state index contributed by atoms with van der Waals surface area (Å²) in [4.78, 5) is 29.6. The maximum absolute atomic E-state index is 9.87. The smallest absolute Gasteiger partial charge is 0.303 e. The molecule has 0 radical (unpaired) electrons. The van der Waals surface area contributed by atoms with Gasteiger partial charge in [0.25, 0.3) is 0 Å². The summed E-state index contributed by atoms with van der Waals surface area (Å²) in [5.74, 6) is -2.05. The summed E-state index contributed by atoms with van der Waals surface area (Å²) in [6.07, 6.45) is 9.83. The molecule has 7 nitrogen and oxygen atoms in total. The SMILES string of the molecule is CCCCCC(=O)O.CCCCCC(=O)O.CCCCCC(=O)O.CCO.[Ti].